The molecule has 0 heterocycles. The van der Waals surface area contributed by atoms with E-state index in [-0.39, 0.29) is 0 Å². The van der Waals surface area contributed by atoms with Crippen LogP contribution in [0.4, 0.5) is 0 Å². The summed E-state index contributed by atoms with van der Waals surface area (Å²) in [5.41, 5.74) is 7.63. The minimum atomic E-state index is 0.363. The third kappa shape index (κ3) is 4.98. The number of rotatable bonds is 5. The minimum absolute atomic E-state index is 0.363. The van der Waals surface area contributed by atoms with Crippen LogP contribution in [-0.4, -0.2) is 24.5 Å². The van der Waals surface area contributed by atoms with Gasteiger partial charge in [0.1, 0.15) is 0 Å². The van der Waals surface area contributed by atoms with Gasteiger partial charge in [0.2, 0.25) is 0 Å². The van der Waals surface area contributed by atoms with Crippen molar-refractivity contribution >= 4 is 11.6 Å². The Morgan fingerprint density at radius 1 is 1.33 bits per heavy atom. The molecule has 1 aromatic rings. The average Bonchev–Trinajstić information content (AvgIpc) is 2.41. The highest BCUT2D eigenvalue weighted by molar-refractivity contribution is 6.30. The minimum Gasteiger partial charge on any atom is -0.327 e. The van der Waals surface area contributed by atoms with Crippen molar-refractivity contribution in [2.24, 2.45) is 23.5 Å². The second-order valence-corrected chi connectivity index (χ2v) is 7.50. The summed E-state index contributed by atoms with van der Waals surface area (Å²) in [6.07, 6.45) is 3.75. The molecule has 0 amide bonds. The van der Waals surface area contributed by atoms with E-state index in [0.717, 1.165) is 29.9 Å². The standard InChI is InChI=1S/C18H29ClN2/c1-13(2)15-7-8-18(20)16(10-15)12-21(3)11-14-5-4-6-17(19)9-14/h4-6,9,13,15-16,18H,7-8,10-12,20H2,1-3H3. The van der Waals surface area contributed by atoms with Gasteiger partial charge in [0.15, 0.2) is 0 Å². The van der Waals surface area contributed by atoms with Crippen molar-refractivity contribution in [3.8, 4) is 0 Å². The Balaban J connectivity index is 1.90. The average molecular weight is 309 g/mol. The maximum Gasteiger partial charge on any atom is 0.0409 e. The summed E-state index contributed by atoms with van der Waals surface area (Å²) in [6, 6.07) is 8.50. The first-order valence-corrected chi connectivity index (χ1v) is 8.52. The van der Waals surface area contributed by atoms with Crippen LogP contribution < -0.4 is 5.73 Å². The molecule has 0 spiro atoms. The zero-order valence-electron chi connectivity index (χ0n) is 13.6. The van der Waals surface area contributed by atoms with Crippen LogP contribution in [0.2, 0.25) is 5.02 Å². The van der Waals surface area contributed by atoms with Gasteiger partial charge in [-0.25, -0.2) is 0 Å². The van der Waals surface area contributed by atoms with E-state index >= 15 is 0 Å². The lowest BCUT2D eigenvalue weighted by atomic mass is 9.74. The van der Waals surface area contributed by atoms with E-state index in [0.29, 0.717) is 12.0 Å². The summed E-state index contributed by atoms with van der Waals surface area (Å²) in [4.78, 5) is 2.39. The summed E-state index contributed by atoms with van der Waals surface area (Å²) >= 11 is 6.06. The topological polar surface area (TPSA) is 29.3 Å². The number of benzene rings is 1. The van der Waals surface area contributed by atoms with Crippen LogP contribution in [0.25, 0.3) is 0 Å². The van der Waals surface area contributed by atoms with Gasteiger partial charge in [0.25, 0.3) is 0 Å². The lowest BCUT2D eigenvalue weighted by Crippen LogP contribution is -2.42. The summed E-state index contributed by atoms with van der Waals surface area (Å²) in [6.45, 7) is 6.70. The van der Waals surface area contributed by atoms with Gasteiger partial charge in [-0.15, -0.1) is 0 Å². The number of hydrogen-bond acceptors (Lipinski definition) is 2. The van der Waals surface area contributed by atoms with E-state index in [9.17, 15) is 0 Å². The molecule has 0 bridgehead atoms. The Morgan fingerprint density at radius 3 is 2.76 bits per heavy atom. The van der Waals surface area contributed by atoms with Gasteiger partial charge in [-0.05, 0) is 61.8 Å². The molecule has 1 aliphatic carbocycles. The van der Waals surface area contributed by atoms with Crippen LogP contribution in [0.15, 0.2) is 24.3 Å². The van der Waals surface area contributed by atoms with Crippen LogP contribution in [0.5, 0.6) is 0 Å². The summed E-state index contributed by atoms with van der Waals surface area (Å²) in [5, 5.41) is 0.815. The van der Waals surface area contributed by atoms with Gasteiger partial charge in [0.05, 0.1) is 0 Å². The molecule has 21 heavy (non-hydrogen) atoms. The van der Waals surface area contributed by atoms with Crippen LogP contribution in [0.1, 0.15) is 38.7 Å². The highest BCUT2D eigenvalue weighted by Crippen LogP contribution is 2.33. The number of hydrogen-bond donors (Lipinski definition) is 1. The second kappa shape index (κ2) is 7.62. The quantitative estimate of drug-likeness (QED) is 0.884. The number of nitrogens with two attached hydrogens (primary N) is 1. The Bertz CT molecular complexity index is 447. The fourth-order valence-corrected chi connectivity index (χ4v) is 3.76. The monoisotopic (exact) mass is 308 g/mol. The van der Waals surface area contributed by atoms with E-state index in [2.05, 4.69) is 37.9 Å². The molecule has 1 fully saturated rings. The first-order chi connectivity index (χ1) is 9.95. The highest BCUT2D eigenvalue weighted by Gasteiger charge is 2.30. The van der Waals surface area contributed by atoms with Gasteiger partial charge >= 0.3 is 0 Å². The van der Waals surface area contributed by atoms with Crippen molar-refractivity contribution in [1.29, 1.82) is 0 Å². The molecule has 118 valence electrons. The molecule has 3 unspecified atom stereocenters. The molecule has 2 rings (SSSR count). The van der Waals surface area contributed by atoms with Crippen molar-refractivity contribution in [3.63, 3.8) is 0 Å². The number of halogens is 1. The van der Waals surface area contributed by atoms with Crippen LogP contribution >= 0.6 is 11.6 Å². The molecule has 0 radical (unpaired) electrons. The van der Waals surface area contributed by atoms with Crippen molar-refractivity contribution in [2.45, 2.75) is 45.7 Å². The third-order valence-electron chi connectivity index (χ3n) is 4.91. The molecular formula is C18H29ClN2. The van der Waals surface area contributed by atoms with Crippen molar-refractivity contribution in [1.82, 2.24) is 4.90 Å². The Kier molecular flexibility index (Phi) is 6.09. The molecule has 3 atom stereocenters. The fourth-order valence-electron chi connectivity index (χ4n) is 3.55. The molecule has 2 nitrogen and oxygen atoms in total. The van der Waals surface area contributed by atoms with E-state index in [1.807, 2.05) is 12.1 Å². The highest BCUT2D eigenvalue weighted by atomic mass is 35.5. The second-order valence-electron chi connectivity index (χ2n) is 7.07. The summed E-state index contributed by atoms with van der Waals surface area (Å²) in [7, 11) is 2.19. The molecule has 1 aromatic carbocycles. The summed E-state index contributed by atoms with van der Waals surface area (Å²) in [5.74, 6) is 2.24. The van der Waals surface area contributed by atoms with E-state index < -0.39 is 0 Å². The number of nitrogens with zero attached hydrogens (tertiary/aromatic N) is 1. The SMILES string of the molecule is CC(C)C1CCC(N)C(CN(C)Cc2cccc(Cl)c2)C1. The first-order valence-electron chi connectivity index (χ1n) is 8.14. The molecule has 1 saturated carbocycles. The fraction of sp³-hybridized carbons (Fsp3) is 0.667. The maximum absolute atomic E-state index is 6.36. The zero-order chi connectivity index (χ0) is 15.4. The molecule has 1 aliphatic rings. The normalized spacial score (nSPS) is 26.5. The first kappa shape index (κ1) is 16.8. The van der Waals surface area contributed by atoms with Crippen LogP contribution in [0, 0.1) is 17.8 Å². The third-order valence-corrected chi connectivity index (χ3v) is 5.15. The molecular weight excluding hydrogens is 280 g/mol. The van der Waals surface area contributed by atoms with E-state index in [1.54, 1.807) is 0 Å². The van der Waals surface area contributed by atoms with E-state index in [1.165, 1.54) is 24.8 Å². The summed E-state index contributed by atoms with van der Waals surface area (Å²) < 4.78 is 0. The largest absolute Gasteiger partial charge is 0.327 e. The van der Waals surface area contributed by atoms with Crippen LogP contribution in [-0.2, 0) is 6.54 Å². The van der Waals surface area contributed by atoms with Crippen molar-refractivity contribution in [2.75, 3.05) is 13.6 Å². The van der Waals surface area contributed by atoms with E-state index in [4.69, 9.17) is 17.3 Å². The van der Waals surface area contributed by atoms with Crippen molar-refractivity contribution < 1.29 is 0 Å². The molecule has 0 aliphatic heterocycles. The van der Waals surface area contributed by atoms with Gasteiger partial charge in [-0.3, -0.25) is 0 Å². The Labute approximate surface area is 134 Å². The Hall–Kier alpha value is -0.570. The molecule has 0 aromatic heterocycles. The predicted molar refractivity (Wildman–Crippen MR) is 91.4 cm³/mol. The molecule has 2 N–H and O–H groups in total. The lowest BCUT2D eigenvalue weighted by Gasteiger charge is -2.38. The van der Waals surface area contributed by atoms with Crippen LogP contribution in [0.3, 0.4) is 0 Å². The van der Waals surface area contributed by atoms with Gasteiger partial charge in [0, 0.05) is 24.2 Å². The smallest absolute Gasteiger partial charge is 0.0409 e. The van der Waals surface area contributed by atoms with Crippen molar-refractivity contribution in [3.05, 3.63) is 34.9 Å². The lowest BCUT2D eigenvalue weighted by molar-refractivity contribution is 0.147. The molecule has 0 saturated heterocycles. The van der Waals surface area contributed by atoms with Gasteiger partial charge in [-0.1, -0.05) is 37.6 Å². The van der Waals surface area contributed by atoms with Gasteiger partial charge in [-0.2, -0.15) is 0 Å². The predicted octanol–water partition coefficient (Wildman–Crippen LogP) is 4.17. The zero-order valence-corrected chi connectivity index (χ0v) is 14.3. The van der Waals surface area contributed by atoms with Gasteiger partial charge < -0.3 is 10.6 Å². The maximum atomic E-state index is 6.36. The Morgan fingerprint density at radius 2 is 2.10 bits per heavy atom. The molecule has 3 heteroatoms.